The van der Waals surface area contributed by atoms with Crippen molar-refractivity contribution in [3.05, 3.63) is 53.7 Å². The van der Waals surface area contributed by atoms with Crippen molar-refractivity contribution < 1.29 is 9.53 Å². The van der Waals surface area contributed by atoms with E-state index in [0.717, 1.165) is 31.9 Å². The molecule has 0 spiro atoms. The highest BCUT2D eigenvalue weighted by atomic mass is 16.6. The molecule has 6 heteroatoms. The molecule has 30 heavy (non-hydrogen) atoms. The molecule has 1 fully saturated rings. The largest absolute Gasteiger partial charge is 0.444 e. The highest BCUT2D eigenvalue weighted by Gasteiger charge is 2.26. The van der Waals surface area contributed by atoms with E-state index in [-0.39, 0.29) is 6.09 Å². The number of rotatable bonds is 5. The smallest absolute Gasteiger partial charge is 0.410 e. The molecule has 3 rings (SSSR count). The number of hydrazine groups is 1. The van der Waals surface area contributed by atoms with Crippen LogP contribution >= 0.6 is 0 Å². The molecule has 1 N–H and O–H groups in total. The molecule has 2 aliphatic heterocycles. The van der Waals surface area contributed by atoms with Crippen LogP contribution in [0.1, 0.15) is 40.2 Å². The predicted molar refractivity (Wildman–Crippen MR) is 121 cm³/mol. The fourth-order valence-corrected chi connectivity index (χ4v) is 3.66. The Morgan fingerprint density at radius 3 is 2.37 bits per heavy atom. The van der Waals surface area contributed by atoms with Crippen LogP contribution in [0.3, 0.4) is 0 Å². The number of piperazine rings is 1. The van der Waals surface area contributed by atoms with Gasteiger partial charge in [-0.05, 0) is 43.9 Å². The van der Waals surface area contributed by atoms with Crippen molar-refractivity contribution in [2.24, 2.45) is 5.92 Å². The van der Waals surface area contributed by atoms with E-state index in [0.29, 0.717) is 19.0 Å². The summed E-state index contributed by atoms with van der Waals surface area (Å²) in [7, 11) is 0. The molecule has 1 aromatic carbocycles. The third-order valence-electron chi connectivity index (χ3n) is 4.99. The van der Waals surface area contributed by atoms with Crippen LogP contribution in [-0.2, 0) is 4.74 Å². The first-order valence-electron chi connectivity index (χ1n) is 10.9. The van der Waals surface area contributed by atoms with E-state index in [2.05, 4.69) is 65.7 Å². The molecule has 0 unspecified atom stereocenters. The molecule has 0 aliphatic carbocycles. The maximum absolute atomic E-state index is 12.3. The fraction of sp³-hybridized carbons (Fsp3) is 0.542. The molecule has 1 amide bonds. The zero-order valence-electron chi connectivity index (χ0n) is 19.0. The van der Waals surface area contributed by atoms with Gasteiger partial charge in [0, 0.05) is 45.5 Å². The van der Waals surface area contributed by atoms with E-state index >= 15 is 0 Å². The van der Waals surface area contributed by atoms with Crippen molar-refractivity contribution in [1.29, 1.82) is 0 Å². The van der Waals surface area contributed by atoms with Gasteiger partial charge < -0.3 is 9.64 Å². The van der Waals surface area contributed by atoms with Gasteiger partial charge in [-0.3, -0.25) is 15.3 Å². The van der Waals surface area contributed by atoms with Gasteiger partial charge in [-0.1, -0.05) is 44.2 Å². The van der Waals surface area contributed by atoms with Crippen molar-refractivity contribution in [3.63, 3.8) is 0 Å². The molecule has 6 nitrogen and oxygen atoms in total. The molecule has 0 bridgehead atoms. The van der Waals surface area contributed by atoms with Crippen molar-refractivity contribution in [3.8, 4) is 0 Å². The van der Waals surface area contributed by atoms with Crippen LogP contribution in [0.15, 0.2) is 48.2 Å². The Hall–Kier alpha value is -2.47. The minimum absolute atomic E-state index is 0.211. The maximum Gasteiger partial charge on any atom is 0.410 e. The van der Waals surface area contributed by atoms with Gasteiger partial charge >= 0.3 is 6.09 Å². The Balaban J connectivity index is 1.63. The van der Waals surface area contributed by atoms with Crippen LogP contribution < -0.4 is 5.43 Å². The number of nitrogens with one attached hydrogen (secondary N) is 1. The summed E-state index contributed by atoms with van der Waals surface area (Å²) in [5.74, 6) is 0.558. The quantitative estimate of drug-likeness (QED) is 0.794. The first-order valence-corrected chi connectivity index (χ1v) is 10.9. The lowest BCUT2D eigenvalue weighted by molar-refractivity contribution is 0.0152. The highest BCUT2D eigenvalue weighted by Crippen LogP contribution is 2.21. The van der Waals surface area contributed by atoms with Crippen LogP contribution in [0, 0.1) is 5.92 Å². The standard InChI is InChI=1S/C24H36N4O2/c1-19(2)16-28-18-20(15-22(25-28)21-9-7-6-8-10-21)17-26-11-13-27(14-12-26)23(29)30-24(3,4)5/h6-10,15,18-19,25H,11-14,16-17H2,1-5H3. The Morgan fingerprint density at radius 2 is 1.77 bits per heavy atom. The van der Waals surface area contributed by atoms with Crippen molar-refractivity contribution >= 4 is 11.8 Å². The highest BCUT2D eigenvalue weighted by molar-refractivity contribution is 5.68. The monoisotopic (exact) mass is 412 g/mol. The number of amides is 1. The summed E-state index contributed by atoms with van der Waals surface area (Å²) in [6, 6.07) is 10.4. The van der Waals surface area contributed by atoms with E-state index in [4.69, 9.17) is 4.74 Å². The number of nitrogens with zero attached hydrogens (tertiary/aromatic N) is 3. The van der Waals surface area contributed by atoms with E-state index in [9.17, 15) is 4.79 Å². The summed E-state index contributed by atoms with van der Waals surface area (Å²) in [5.41, 5.74) is 6.68. The SMILES string of the molecule is CC(C)CN1C=C(CN2CCN(C(=O)OC(C)(C)C)CC2)C=C(c2ccccc2)N1. The van der Waals surface area contributed by atoms with Gasteiger partial charge in [0.25, 0.3) is 0 Å². The summed E-state index contributed by atoms with van der Waals surface area (Å²) >= 11 is 0. The average Bonchev–Trinajstić information content (AvgIpc) is 2.67. The minimum Gasteiger partial charge on any atom is -0.444 e. The van der Waals surface area contributed by atoms with Crippen LogP contribution in [0.4, 0.5) is 4.79 Å². The number of hydrogen-bond acceptors (Lipinski definition) is 5. The van der Waals surface area contributed by atoms with Gasteiger partial charge in [0.1, 0.15) is 5.60 Å². The minimum atomic E-state index is -0.452. The van der Waals surface area contributed by atoms with Crippen LogP contribution in [0.25, 0.3) is 5.70 Å². The number of carbonyl (C=O) groups excluding carboxylic acids is 1. The molecule has 0 saturated carbocycles. The van der Waals surface area contributed by atoms with Crippen LogP contribution in [0.5, 0.6) is 0 Å². The van der Waals surface area contributed by atoms with Gasteiger partial charge in [0.05, 0.1) is 5.70 Å². The third kappa shape index (κ3) is 6.52. The molecule has 2 heterocycles. The van der Waals surface area contributed by atoms with E-state index in [1.54, 1.807) is 0 Å². The van der Waals surface area contributed by atoms with Crippen molar-refractivity contribution in [2.45, 2.75) is 40.2 Å². The molecule has 0 radical (unpaired) electrons. The molecule has 2 aliphatic rings. The summed E-state index contributed by atoms with van der Waals surface area (Å²) < 4.78 is 5.51. The second-order valence-corrected chi connectivity index (χ2v) is 9.53. The van der Waals surface area contributed by atoms with Gasteiger partial charge in [-0.15, -0.1) is 0 Å². The number of ether oxygens (including phenoxy) is 1. The Labute approximate surface area is 181 Å². The summed E-state index contributed by atoms with van der Waals surface area (Å²) in [5, 5.41) is 2.19. The lowest BCUT2D eigenvalue weighted by atomic mass is 10.1. The summed E-state index contributed by atoms with van der Waals surface area (Å²) in [6.45, 7) is 15.1. The van der Waals surface area contributed by atoms with Crippen LogP contribution in [0.2, 0.25) is 0 Å². The zero-order valence-corrected chi connectivity index (χ0v) is 19.0. The molecular weight excluding hydrogens is 376 g/mol. The zero-order chi connectivity index (χ0) is 21.7. The Bertz CT molecular complexity index is 772. The molecule has 0 aromatic heterocycles. The van der Waals surface area contributed by atoms with Gasteiger partial charge in [0.15, 0.2) is 0 Å². The average molecular weight is 413 g/mol. The van der Waals surface area contributed by atoms with Gasteiger partial charge in [-0.2, -0.15) is 0 Å². The summed E-state index contributed by atoms with van der Waals surface area (Å²) in [4.78, 5) is 16.5. The first kappa shape index (κ1) is 22.2. The third-order valence-corrected chi connectivity index (χ3v) is 4.99. The van der Waals surface area contributed by atoms with Crippen molar-refractivity contribution in [2.75, 3.05) is 39.3 Å². The second kappa shape index (κ2) is 9.56. The predicted octanol–water partition coefficient (Wildman–Crippen LogP) is 3.94. The lowest BCUT2D eigenvalue weighted by Crippen LogP contribution is -2.50. The maximum atomic E-state index is 12.3. The normalized spacial score (nSPS) is 18.1. The van der Waals surface area contributed by atoms with Gasteiger partial charge in [-0.25, -0.2) is 4.79 Å². The molecule has 1 aromatic rings. The van der Waals surface area contributed by atoms with Gasteiger partial charge in [0.2, 0.25) is 0 Å². The summed E-state index contributed by atoms with van der Waals surface area (Å²) in [6.07, 6.45) is 4.25. The molecular formula is C24H36N4O2. The molecule has 1 saturated heterocycles. The lowest BCUT2D eigenvalue weighted by Gasteiger charge is -2.37. The first-order chi connectivity index (χ1) is 14.2. The van der Waals surface area contributed by atoms with Crippen LogP contribution in [-0.4, -0.2) is 65.8 Å². The Kier molecular flexibility index (Phi) is 7.08. The molecule has 0 atom stereocenters. The molecule has 164 valence electrons. The number of hydrogen-bond donors (Lipinski definition) is 1. The topological polar surface area (TPSA) is 48.0 Å². The number of carbonyl (C=O) groups is 1. The van der Waals surface area contributed by atoms with E-state index in [1.165, 1.54) is 11.1 Å². The second-order valence-electron chi connectivity index (χ2n) is 9.53. The Morgan fingerprint density at radius 1 is 1.10 bits per heavy atom. The van der Waals surface area contributed by atoms with E-state index < -0.39 is 5.60 Å². The number of benzene rings is 1. The van der Waals surface area contributed by atoms with E-state index in [1.807, 2.05) is 31.7 Å². The van der Waals surface area contributed by atoms with Crippen molar-refractivity contribution in [1.82, 2.24) is 20.2 Å². The fourth-order valence-electron chi connectivity index (χ4n) is 3.66.